The Hall–Kier alpha value is -2.34. The Morgan fingerprint density at radius 3 is 2.30 bits per heavy atom. The molecule has 0 unspecified atom stereocenters. The molecule has 0 bridgehead atoms. The molecule has 1 heterocycles. The molecule has 2 aromatic rings. The highest BCUT2D eigenvalue weighted by Crippen LogP contribution is 2.23. The molecule has 0 aliphatic carbocycles. The highest BCUT2D eigenvalue weighted by atomic mass is 14.9. The van der Waals surface area contributed by atoms with E-state index in [-0.39, 0.29) is 0 Å². The quantitative estimate of drug-likeness (QED) is 0.897. The lowest BCUT2D eigenvalue weighted by molar-refractivity contribution is 1.03. The number of para-hydroxylation sites is 1. The second kappa shape index (κ2) is 6.72. The molecule has 20 heavy (non-hydrogen) atoms. The number of aromatic nitrogens is 1. The summed E-state index contributed by atoms with van der Waals surface area (Å²) in [5, 5.41) is 12.6. The van der Waals surface area contributed by atoms with E-state index in [0.717, 1.165) is 18.4 Å². The molecule has 0 atom stereocenters. The molecule has 0 saturated heterocycles. The van der Waals surface area contributed by atoms with Gasteiger partial charge in [-0.2, -0.15) is 5.26 Å². The van der Waals surface area contributed by atoms with E-state index in [4.69, 9.17) is 5.26 Å². The van der Waals surface area contributed by atoms with Gasteiger partial charge in [-0.05, 0) is 30.0 Å². The second-order valence-electron chi connectivity index (χ2n) is 4.63. The highest BCUT2D eigenvalue weighted by Gasteiger charge is 2.07. The fourth-order valence-corrected chi connectivity index (χ4v) is 2.34. The molecule has 0 radical (unpaired) electrons. The van der Waals surface area contributed by atoms with Gasteiger partial charge in [0.1, 0.15) is 11.8 Å². The van der Waals surface area contributed by atoms with Gasteiger partial charge >= 0.3 is 0 Å². The summed E-state index contributed by atoms with van der Waals surface area (Å²) in [7, 11) is 0. The third kappa shape index (κ3) is 2.97. The molecule has 0 spiro atoms. The van der Waals surface area contributed by atoms with E-state index < -0.39 is 0 Å². The summed E-state index contributed by atoms with van der Waals surface area (Å²) < 4.78 is 0. The van der Waals surface area contributed by atoms with Crippen LogP contribution in [-0.4, -0.2) is 4.98 Å². The van der Waals surface area contributed by atoms with Gasteiger partial charge in [-0.25, -0.2) is 4.98 Å². The lowest BCUT2D eigenvalue weighted by atomic mass is 10.0. The topological polar surface area (TPSA) is 48.7 Å². The number of aryl methyl sites for hydroxylation is 2. The van der Waals surface area contributed by atoms with Crippen molar-refractivity contribution in [2.75, 3.05) is 5.32 Å². The van der Waals surface area contributed by atoms with E-state index in [1.165, 1.54) is 16.8 Å². The monoisotopic (exact) mass is 265 g/mol. The maximum atomic E-state index is 9.08. The van der Waals surface area contributed by atoms with Crippen molar-refractivity contribution in [1.82, 2.24) is 4.98 Å². The van der Waals surface area contributed by atoms with Crippen LogP contribution in [0.15, 0.2) is 36.5 Å². The van der Waals surface area contributed by atoms with Crippen molar-refractivity contribution in [3.63, 3.8) is 0 Å². The first kappa shape index (κ1) is 14.1. The normalized spacial score (nSPS) is 10.1. The van der Waals surface area contributed by atoms with Gasteiger partial charge in [0.2, 0.25) is 0 Å². The molecule has 0 fully saturated rings. The Morgan fingerprint density at radius 2 is 1.70 bits per heavy atom. The van der Waals surface area contributed by atoms with Crippen molar-refractivity contribution in [3.8, 4) is 6.07 Å². The van der Waals surface area contributed by atoms with Crippen LogP contribution in [0.4, 0.5) is 5.69 Å². The van der Waals surface area contributed by atoms with Crippen molar-refractivity contribution in [1.29, 1.82) is 5.26 Å². The predicted octanol–water partition coefficient (Wildman–Crippen LogP) is 3.69. The largest absolute Gasteiger partial charge is 0.380 e. The number of hydrogen-bond donors (Lipinski definition) is 1. The summed E-state index contributed by atoms with van der Waals surface area (Å²) in [5.41, 5.74) is 5.25. The van der Waals surface area contributed by atoms with Crippen LogP contribution >= 0.6 is 0 Å². The molecule has 0 aliphatic rings. The van der Waals surface area contributed by atoms with Gasteiger partial charge in [0.05, 0.1) is 0 Å². The fourth-order valence-electron chi connectivity index (χ4n) is 2.34. The average molecular weight is 265 g/mol. The van der Waals surface area contributed by atoms with Crippen molar-refractivity contribution in [3.05, 3.63) is 58.9 Å². The van der Waals surface area contributed by atoms with Crippen LogP contribution < -0.4 is 5.32 Å². The minimum atomic E-state index is 0.493. The van der Waals surface area contributed by atoms with Gasteiger partial charge in [-0.3, -0.25) is 0 Å². The summed E-state index contributed by atoms with van der Waals surface area (Å²) in [6.07, 6.45) is 3.64. The summed E-state index contributed by atoms with van der Waals surface area (Å²) in [6, 6.07) is 12.3. The maximum Gasteiger partial charge on any atom is 0.145 e. The molecule has 102 valence electrons. The number of nitriles is 1. The van der Waals surface area contributed by atoms with E-state index in [1.807, 2.05) is 12.1 Å². The third-order valence-corrected chi connectivity index (χ3v) is 3.45. The van der Waals surface area contributed by atoms with Gasteiger partial charge in [0, 0.05) is 24.0 Å². The van der Waals surface area contributed by atoms with Crippen LogP contribution in [-0.2, 0) is 19.4 Å². The number of benzene rings is 1. The van der Waals surface area contributed by atoms with E-state index in [2.05, 4.69) is 48.4 Å². The van der Waals surface area contributed by atoms with Crippen molar-refractivity contribution < 1.29 is 0 Å². The lowest BCUT2D eigenvalue weighted by Crippen LogP contribution is -2.07. The fraction of sp³-hybridized carbons (Fsp3) is 0.294. The Morgan fingerprint density at radius 1 is 1.05 bits per heavy atom. The number of anilines is 1. The van der Waals surface area contributed by atoms with Crippen molar-refractivity contribution in [2.45, 2.75) is 33.2 Å². The molecule has 1 aromatic heterocycles. The molecule has 2 rings (SSSR count). The van der Waals surface area contributed by atoms with Crippen molar-refractivity contribution >= 4 is 5.69 Å². The van der Waals surface area contributed by atoms with Gasteiger partial charge in [0.15, 0.2) is 0 Å². The Balaban J connectivity index is 2.25. The van der Waals surface area contributed by atoms with Gasteiger partial charge in [0.25, 0.3) is 0 Å². The summed E-state index contributed by atoms with van der Waals surface area (Å²) in [4.78, 5) is 4.09. The van der Waals surface area contributed by atoms with Gasteiger partial charge in [-0.1, -0.05) is 38.1 Å². The lowest BCUT2D eigenvalue weighted by Gasteiger charge is -2.15. The van der Waals surface area contributed by atoms with Crippen LogP contribution in [0, 0.1) is 11.3 Å². The SMILES string of the molecule is CCc1cccc(CC)c1NCc1cccnc1C#N. The zero-order valence-corrected chi connectivity index (χ0v) is 12.0. The standard InChI is InChI=1S/C17H19N3/c1-3-13-7-5-8-14(4-2)17(13)20-12-15-9-6-10-19-16(15)11-18/h5-10,20H,3-4,12H2,1-2H3. The highest BCUT2D eigenvalue weighted by molar-refractivity contribution is 5.58. The summed E-state index contributed by atoms with van der Waals surface area (Å²) in [5.74, 6) is 0. The summed E-state index contributed by atoms with van der Waals surface area (Å²) >= 11 is 0. The number of nitrogens with one attached hydrogen (secondary N) is 1. The third-order valence-electron chi connectivity index (χ3n) is 3.45. The van der Waals surface area contributed by atoms with Crippen LogP contribution in [0.5, 0.6) is 0 Å². The van der Waals surface area contributed by atoms with Crippen LogP contribution in [0.2, 0.25) is 0 Å². The van der Waals surface area contributed by atoms with E-state index in [1.54, 1.807) is 6.20 Å². The zero-order valence-electron chi connectivity index (χ0n) is 12.0. The van der Waals surface area contributed by atoms with Crippen LogP contribution in [0.3, 0.4) is 0 Å². The Kier molecular flexibility index (Phi) is 4.73. The average Bonchev–Trinajstić information content (AvgIpc) is 2.52. The maximum absolute atomic E-state index is 9.08. The van der Waals surface area contributed by atoms with Crippen LogP contribution in [0.25, 0.3) is 0 Å². The molecule has 3 heteroatoms. The molecule has 0 aliphatic heterocycles. The molecule has 1 aromatic carbocycles. The zero-order chi connectivity index (χ0) is 14.4. The molecule has 3 nitrogen and oxygen atoms in total. The minimum Gasteiger partial charge on any atom is -0.380 e. The van der Waals surface area contributed by atoms with E-state index >= 15 is 0 Å². The van der Waals surface area contributed by atoms with Crippen LogP contribution in [0.1, 0.15) is 36.2 Å². The second-order valence-corrected chi connectivity index (χ2v) is 4.63. The minimum absolute atomic E-state index is 0.493. The smallest absolute Gasteiger partial charge is 0.145 e. The van der Waals surface area contributed by atoms with Gasteiger partial charge in [-0.15, -0.1) is 0 Å². The molecule has 0 saturated carbocycles. The van der Waals surface area contributed by atoms with Gasteiger partial charge < -0.3 is 5.32 Å². The predicted molar refractivity (Wildman–Crippen MR) is 81.5 cm³/mol. The Labute approximate surface area is 120 Å². The van der Waals surface area contributed by atoms with Crippen molar-refractivity contribution in [2.24, 2.45) is 0 Å². The molecule has 0 amide bonds. The Bertz CT molecular complexity index is 604. The number of rotatable bonds is 5. The first-order chi connectivity index (χ1) is 9.80. The molecular formula is C17H19N3. The van der Waals surface area contributed by atoms with E-state index in [9.17, 15) is 0 Å². The molecule has 1 N–H and O–H groups in total. The van der Waals surface area contributed by atoms with E-state index in [0.29, 0.717) is 12.2 Å². The first-order valence-electron chi connectivity index (χ1n) is 6.98. The number of pyridine rings is 1. The number of hydrogen-bond acceptors (Lipinski definition) is 3. The summed E-state index contributed by atoms with van der Waals surface area (Å²) in [6.45, 7) is 4.94. The first-order valence-corrected chi connectivity index (χ1v) is 6.98. The number of nitrogens with zero attached hydrogens (tertiary/aromatic N) is 2. The molecular weight excluding hydrogens is 246 g/mol.